The third-order valence-corrected chi connectivity index (χ3v) is 12.2. The summed E-state index contributed by atoms with van der Waals surface area (Å²) >= 11 is 0. The average Bonchev–Trinajstić information content (AvgIpc) is 3.50. The summed E-state index contributed by atoms with van der Waals surface area (Å²) in [6.07, 6.45) is 0. The normalized spacial score (nSPS) is 12.6. The van der Waals surface area contributed by atoms with Crippen molar-refractivity contribution >= 4 is 60.4 Å². The number of aromatic nitrogens is 1. The summed E-state index contributed by atoms with van der Waals surface area (Å²) in [5.41, 5.74) is 18.0. The molecule has 2 nitrogen and oxygen atoms in total. The molecule has 1 aliphatic rings. The molecule has 56 heavy (non-hydrogen) atoms. The molecule has 0 radical (unpaired) electrons. The zero-order valence-corrected chi connectivity index (χ0v) is 33.8. The van der Waals surface area contributed by atoms with Gasteiger partial charge >= 0.3 is 0 Å². The number of fused-ring (bicyclic) bond motifs is 9. The van der Waals surface area contributed by atoms with Gasteiger partial charge in [0.15, 0.2) is 0 Å². The van der Waals surface area contributed by atoms with Crippen molar-refractivity contribution in [1.82, 2.24) is 4.57 Å². The first-order valence-corrected chi connectivity index (χ1v) is 20.0. The van der Waals surface area contributed by atoms with Gasteiger partial charge in [-0.25, -0.2) is 0 Å². The van der Waals surface area contributed by atoms with Crippen molar-refractivity contribution in [1.29, 1.82) is 0 Å². The first kappa shape index (κ1) is 34.4. The lowest BCUT2D eigenvalue weighted by atomic mass is 9.78. The molecule has 274 valence electrons. The molecule has 0 fully saturated rings. The van der Waals surface area contributed by atoms with Crippen LogP contribution in [0.25, 0.3) is 71.3 Å². The third kappa shape index (κ3) is 5.38. The van der Waals surface area contributed by atoms with Gasteiger partial charge in [0.05, 0.1) is 11.0 Å². The number of aryl methyl sites for hydroxylation is 2. The minimum Gasteiger partial charge on any atom is -0.310 e. The Morgan fingerprint density at radius 2 is 0.857 bits per heavy atom. The molecule has 1 aliphatic carbocycles. The summed E-state index contributed by atoms with van der Waals surface area (Å²) < 4.78 is 2.47. The molecule has 0 unspecified atom stereocenters. The molecule has 0 spiro atoms. The van der Waals surface area contributed by atoms with Gasteiger partial charge in [0.1, 0.15) is 0 Å². The second-order valence-electron chi connectivity index (χ2n) is 18.1. The van der Waals surface area contributed by atoms with E-state index in [2.05, 4.69) is 210 Å². The van der Waals surface area contributed by atoms with Crippen molar-refractivity contribution in [2.75, 3.05) is 4.90 Å². The van der Waals surface area contributed by atoms with Crippen molar-refractivity contribution in [2.45, 2.75) is 66.2 Å². The van der Waals surface area contributed by atoms with Gasteiger partial charge in [0, 0.05) is 33.5 Å². The maximum atomic E-state index is 2.47. The standard InChI is InChI=1S/C54H48N2/c1-33-13-9-11-15-49(33)55(50-16-12-10-14-34(50)2)41-21-17-35-27-43-45(29-37(35)25-41)44-28-36-18-22-42(26-38(36)30-46(43)44)56-51-23-19-39(53(3,4)5)31-47(51)48-32-40(54(6,7)8)20-24-52(48)56/h9-32H,1-8H3. The number of nitrogens with zero attached hydrogens (tertiary/aromatic N) is 2. The van der Waals surface area contributed by atoms with E-state index in [-0.39, 0.29) is 10.8 Å². The topological polar surface area (TPSA) is 8.17 Å². The van der Waals surface area contributed by atoms with Crippen molar-refractivity contribution in [3.05, 3.63) is 168 Å². The van der Waals surface area contributed by atoms with Crippen LogP contribution in [0, 0.1) is 13.8 Å². The maximum Gasteiger partial charge on any atom is 0.0541 e. The van der Waals surface area contributed by atoms with E-state index in [0.29, 0.717) is 0 Å². The van der Waals surface area contributed by atoms with Crippen LogP contribution in [0.15, 0.2) is 146 Å². The molecule has 0 saturated carbocycles. The Morgan fingerprint density at radius 1 is 0.411 bits per heavy atom. The van der Waals surface area contributed by atoms with Gasteiger partial charge in [-0.3, -0.25) is 0 Å². The Labute approximate surface area is 330 Å². The van der Waals surface area contributed by atoms with Gasteiger partial charge in [0.25, 0.3) is 0 Å². The molecular weight excluding hydrogens is 677 g/mol. The Hall–Kier alpha value is -6.12. The zero-order valence-electron chi connectivity index (χ0n) is 33.8. The molecule has 0 bridgehead atoms. The lowest BCUT2D eigenvalue weighted by Crippen LogP contribution is -2.12. The molecule has 1 aromatic heterocycles. The van der Waals surface area contributed by atoms with Crippen LogP contribution in [0.3, 0.4) is 0 Å². The zero-order chi connectivity index (χ0) is 38.7. The number of rotatable bonds is 4. The monoisotopic (exact) mass is 724 g/mol. The summed E-state index contributed by atoms with van der Waals surface area (Å²) in [6.45, 7) is 18.2. The number of hydrogen-bond acceptors (Lipinski definition) is 1. The van der Waals surface area contributed by atoms with Gasteiger partial charge in [0.2, 0.25) is 0 Å². The number of benzene rings is 8. The number of anilines is 3. The van der Waals surface area contributed by atoms with Crippen LogP contribution in [0.2, 0.25) is 0 Å². The van der Waals surface area contributed by atoms with E-state index in [1.54, 1.807) is 0 Å². The SMILES string of the molecule is Cc1ccccc1N(c1ccc2cc3c(cc2c1)-c1cc2ccc(-n4c5ccc(C(C)(C)C)cc5c5cc(C(C)(C)C)ccc54)cc2cc1-3)c1ccccc1C. The Bertz CT molecular complexity index is 2950. The Kier molecular flexibility index (Phi) is 7.48. The molecule has 2 heteroatoms. The van der Waals surface area contributed by atoms with E-state index in [0.717, 1.165) is 0 Å². The van der Waals surface area contributed by atoms with Gasteiger partial charge in [-0.15, -0.1) is 0 Å². The lowest BCUT2D eigenvalue weighted by Gasteiger charge is -2.29. The molecule has 8 aromatic carbocycles. The molecule has 1 heterocycles. The van der Waals surface area contributed by atoms with Gasteiger partial charge in [-0.2, -0.15) is 0 Å². The van der Waals surface area contributed by atoms with Crippen molar-refractivity contribution in [2.24, 2.45) is 0 Å². The smallest absolute Gasteiger partial charge is 0.0541 e. The minimum atomic E-state index is 0.0713. The fourth-order valence-electron chi connectivity index (χ4n) is 8.95. The maximum absolute atomic E-state index is 2.47. The van der Waals surface area contributed by atoms with Crippen LogP contribution < -0.4 is 4.90 Å². The highest BCUT2D eigenvalue weighted by Crippen LogP contribution is 2.51. The predicted molar refractivity (Wildman–Crippen MR) is 242 cm³/mol. The van der Waals surface area contributed by atoms with E-state index in [1.165, 1.54) is 111 Å². The van der Waals surface area contributed by atoms with Crippen LogP contribution in [0.4, 0.5) is 17.1 Å². The van der Waals surface area contributed by atoms with E-state index < -0.39 is 0 Å². The quantitative estimate of drug-likeness (QED) is 0.175. The molecular formula is C54H48N2. The molecule has 10 rings (SSSR count). The largest absolute Gasteiger partial charge is 0.310 e. The van der Waals surface area contributed by atoms with Gasteiger partial charge < -0.3 is 9.47 Å². The van der Waals surface area contributed by atoms with E-state index in [1.807, 2.05) is 0 Å². The summed E-state index contributed by atoms with van der Waals surface area (Å²) in [6, 6.07) is 55.1. The van der Waals surface area contributed by atoms with Crippen LogP contribution >= 0.6 is 0 Å². The van der Waals surface area contributed by atoms with Crippen LogP contribution in [0.1, 0.15) is 63.8 Å². The van der Waals surface area contributed by atoms with E-state index in [4.69, 9.17) is 0 Å². The van der Waals surface area contributed by atoms with Crippen LogP contribution in [-0.4, -0.2) is 4.57 Å². The highest BCUT2D eigenvalue weighted by Gasteiger charge is 2.26. The second kappa shape index (κ2) is 12.2. The first-order valence-electron chi connectivity index (χ1n) is 20.0. The van der Waals surface area contributed by atoms with Gasteiger partial charge in [-0.1, -0.05) is 102 Å². The molecule has 0 atom stereocenters. The molecule has 0 aliphatic heterocycles. The summed E-state index contributed by atoms with van der Waals surface area (Å²) in [7, 11) is 0. The Balaban J connectivity index is 1.07. The molecule has 0 amide bonds. The summed E-state index contributed by atoms with van der Waals surface area (Å²) in [5, 5.41) is 7.69. The fourth-order valence-corrected chi connectivity index (χ4v) is 8.95. The number of hydrogen-bond donors (Lipinski definition) is 0. The van der Waals surface area contributed by atoms with Crippen molar-refractivity contribution in [3.8, 4) is 27.9 Å². The third-order valence-electron chi connectivity index (χ3n) is 12.2. The number of para-hydroxylation sites is 2. The van der Waals surface area contributed by atoms with Crippen LogP contribution in [-0.2, 0) is 10.8 Å². The van der Waals surface area contributed by atoms with Crippen molar-refractivity contribution in [3.63, 3.8) is 0 Å². The highest BCUT2D eigenvalue weighted by molar-refractivity contribution is 6.13. The highest BCUT2D eigenvalue weighted by atomic mass is 15.1. The predicted octanol–water partition coefficient (Wildman–Crippen LogP) is 15.4. The van der Waals surface area contributed by atoms with Crippen molar-refractivity contribution < 1.29 is 0 Å². The lowest BCUT2D eigenvalue weighted by molar-refractivity contribution is 0.590. The van der Waals surface area contributed by atoms with E-state index >= 15 is 0 Å². The summed E-state index contributed by atoms with van der Waals surface area (Å²) in [4.78, 5) is 2.41. The molecule has 9 aromatic rings. The second-order valence-corrected chi connectivity index (χ2v) is 18.1. The fraction of sp³-hybridized carbons (Fsp3) is 0.185. The van der Waals surface area contributed by atoms with Gasteiger partial charge in [-0.05, 0) is 176 Å². The molecule has 0 saturated heterocycles. The Morgan fingerprint density at radius 3 is 1.34 bits per heavy atom. The average molecular weight is 725 g/mol. The van der Waals surface area contributed by atoms with E-state index in [9.17, 15) is 0 Å². The summed E-state index contributed by atoms with van der Waals surface area (Å²) in [5.74, 6) is 0. The minimum absolute atomic E-state index is 0.0713. The molecule has 0 N–H and O–H groups in total. The van der Waals surface area contributed by atoms with Crippen LogP contribution in [0.5, 0.6) is 0 Å². The first-order chi connectivity index (χ1) is 26.8.